The van der Waals surface area contributed by atoms with Crippen LogP contribution < -0.4 is 16.0 Å². The largest absolute Gasteiger partial charge is 0.384 e. The van der Waals surface area contributed by atoms with Crippen LogP contribution in [0.5, 0.6) is 0 Å². The Hall–Kier alpha value is -1.55. The molecule has 1 rings (SSSR count). The molecule has 4 heteroatoms. The van der Waals surface area contributed by atoms with Crippen molar-refractivity contribution in [2.24, 2.45) is 0 Å². The lowest BCUT2D eigenvalue weighted by molar-refractivity contribution is 0.0963. The molecule has 1 aromatic carbocycles. The SMILES string of the molecule is CNC(=O)c1ccc(NCCNC(C)(C)C)cc1. The Balaban J connectivity index is 2.38. The Morgan fingerprint density at radius 3 is 2.22 bits per heavy atom. The third-order valence-corrected chi connectivity index (χ3v) is 2.48. The summed E-state index contributed by atoms with van der Waals surface area (Å²) < 4.78 is 0. The average Bonchev–Trinajstić information content (AvgIpc) is 2.33. The molecule has 0 aromatic heterocycles. The van der Waals surface area contributed by atoms with E-state index in [0.29, 0.717) is 5.56 Å². The maximum absolute atomic E-state index is 11.4. The number of carbonyl (C=O) groups excluding carboxylic acids is 1. The summed E-state index contributed by atoms with van der Waals surface area (Å²) in [6, 6.07) is 7.47. The molecule has 0 unspecified atom stereocenters. The van der Waals surface area contributed by atoms with Gasteiger partial charge in [-0.1, -0.05) is 0 Å². The molecule has 0 radical (unpaired) electrons. The maximum Gasteiger partial charge on any atom is 0.251 e. The Bertz CT molecular complexity index is 379. The van der Waals surface area contributed by atoms with Gasteiger partial charge in [-0.05, 0) is 45.0 Å². The number of amides is 1. The van der Waals surface area contributed by atoms with E-state index < -0.39 is 0 Å². The fourth-order valence-electron chi connectivity index (χ4n) is 1.53. The van der Waals surface area contributed by atoms with Crippen molar-refractivity contribution in [3.05, 3.63) is 29.8 Å². The van der Waals surface area contributed by atoms with Gasteiger partial charge in [-0.2, -0.15) is 0 Å². The first-order valence-electron chi connectivity index (χ1n) is 6.23. The first-order chi connectivity index (χ1) is 8.42. The topological polar surface area (TPSA) is 53.2 Å². The molecule has 3 N–H and O–H groups in total. The smallest absolute Gasteiger partial charge is 0.251 e. The number of hydrogen-bond donors (Lipinski definition) is 3. The molecule has 0 spiro atoms. The number of carbonyl (C=O) groups is 1. The molecule has 4 nitrogen and oxygen atoms in total. The Labute approximate surface area is 109 Å². The number of nitrogens with one attached hydrogen (secondary N) is 3. The zero-order valence-electron chi connectivity index (χ0n) is 11.6. The van der Waals surface area contributed by atoms with Gasteiger partial charge >= 0.3 is 0 Å². The van der Waals surface area contributed by atoms with E-state index in [9.17, 15) is 4.79 Å². The fraction of sp³-hybridized carbons (Fsp3) is 0.500. The average molecular weight is 249 g/mol. The standard InChI is InChI=1S/C14H23N3O/c1-14(2,3)17-10-9-16-12-7-5-11(6-8-12)13(18)15-4/h5-8,16-17H,9-10H2,1-4H3,(H,15,18). The van der Waals surface area contributed by atoms with Crippen LogP contribution in [0.3, 0.4) is 0 Å². The zero-order valence-corrected chi connectivity index (χ0v) is 11.6. The third-order valence-electron chi connectivity index (χ3n) is 2.48. The van der Waals surface area contributed by atoms with Gasteiger partial charge in [-0.15, -0.1) is 0 Å². The summed E-state index contributed by atoms with van der Waals surface area (Å²) in [4.78, 5) is 11.4. The van der Waals surface area contributed by atoms with Crippen LogP contribution in [0, 0.1) is 0 Å². The van der Waals surface area contributed by atoms with E-state index in [0.717, 1.165) is 18.8 Å². The van der Waals surface area contributed by atoms with Gasteiger partial charge in [0.05, 0.1) is 0 Å². The number of hydrogen-bond acceptors (Lipinski definition) is 3. The molecule has 0 aliphatic rings. The second-order valence-electron chi connectivity index (χ2n) is 5.26. The molecule has 0 saturated carbocycles. The number of benzene rings is 1. The predicted octanol–water partition coefficient (Wildman–Crippen LogP) is 1.85. The van der Waals surface area contributed by atoms with Gasteiger partial charge in [-0.3, -0.25) is 4.79 Å². The minimum absolute atomic E-state index is 0.0593. The predicted molar refractivity (Wildman–Crippen MR) is 76.1 cm³/mol. The molecule has 100 valence electrons. The van der Waals surface area contributed by atoms with Gasteiger partial charge in [0, 0.05) is 36.9 Å². The van der Waals surface area contributed by atoms with Crippen molar-refractivity contribution in [2.75, 3.05) is 25.5 Å². The van der Waals surface area contributed by atoms with E-state index in [2.05, 4.69) is 36.7 Å². The van der Waals surface area contributed by atoms with Crippen molar-refractivity contribution < 1.29 is 4.79 Å². The van der Waals surface area contributed by atoms with Crippen LogP contribution in [0.2, 0.25) is 0 Å². The van der Waals surface area contributed by atoms with Crippen LogP contribution in [-0.2, 0) is 0 Å². The summed E-state index contributed by atoms with van der Waals surface area (Å²) in [5.74, 6) is -0.0593. The van der Waals surface area contributed by atoms with Crippen LogP contribution in [0.4, 0.5) is 5.69 Å². The zero-order chi connectivity index (χ0) is 13.6. The van der Waals surface area contributed by atoms with E-state index in [4.69, 9.17) is 0 Å². The monoisotopic (exact) mass is 249 g/mol. The molecule has 0 aliphatic carbocycles. The minimum atomic E-state index is -0.0593. The van der Waals surface area contributed by atoms with Crippen LogP contribution in [0.1, 0.15) is 31.1 Å². The molecule has 18 heavy (non-hydrogen) atoms. The molecule has 0 saturated heterocycles. The van der Waals surface area contributed by atoms with Crippen molar-refractivity contribution in [1.82, 2.24) is 10.6 Å². The Kier molecular flexibility index (Phi) is 5.16. The van der Waals surface area contributed by atoms with Gasteiger partial charge in [0.15, 0.2) is 0 Å². The number of anilines is 1. The summed E-state index contributed by atoms with van der Waals surface area (Å²) in [7, 11) is 1.63. The van der Waals surface area contributed by atoms with E-state index in [1.54, 1.807) is 7.05 Å². The van der Waals surface area contributed by atoms with Gasteiger partial charge in [-0.25, -0.2) is 0 Å². The highest BCUT2D eigenvalue weighted by Crippen LogP contribution is 2.09. The summed E-state index contributed by atoms with van der Waals surface area (Å²) in [5.41, 5.74) is 1.85. The van der Waals surface area contributed by atoms with Crippen LogP contribution in [-0.4, -0.2) is 31.6 Å². The highest BCUT2D eigenvalue weighted by Gasteiger charge is 2.07. The second kappa shape index (κ2) is 6.40. The van der Waals surface area contributed by atoms with Crippen LogP contribution in [0.25, 0.3) is 0 Å². The summed E-state index contributed by atoms with van der Waals surface area (Å²) in [5, 5.41) is 9.31. The van der Waals surface area contributed by atoms with Gasteiger partial charge in [0.25, 0.3) is 5.91 Å². The van der Waals surface area contributed by atoms with Crippen molar-refractivity contribution >= 4 is 11.6 Å². The van der Waals surface area contributed by atoms with Crippen LogP contribution in [0.15, 0.2) is 24.3 Å². The highest BCUT2D eigenvalue weighted by molar-refractivity contribution is 5.94. The molecule has 0 fully saturated rings. The first-order valence-corrected chi connectivity index (χ1v) is 6.23. The van der Waals surface area contributed by atoms with E-state index in [1.165, 1.54) is 0 Å². The van der Waals surface area contributed by atoms with Gasteiger partial charge in [0.2, 0.25) is 0 Å². The van der Waals surface area contributed by atoms with Crippen LogP contribution >= 0.6 is 0 Å². The third kappa shape index (κ3) is 5.19. The van der Waals surface area contributed by atoms with Crippen molar-refractivity contribution in [1.29, 1.82) is 0 Å². The first kappa shape index (κ1) is 14.5. The van der Waals surface area contributed by atoms with Gasteiger partial charge in [0.1, 0.15) is 0 Å². The maximum atomic E-state index is 11.4. The van der Waals surface area contributed by atoms with Gasteiger partial charge < -0.3 is 16.0 Å². The molecular weight excluding hydrogens is 226 g/mol. The lowest BCUT2D eigenvalue weighted by Gasteiger charge is -2.20. The molecule has 0 aliphatic heterocycles. The summed E-state index contributed by atoms with van der Waals surface area (Å²) in [6.45, 7) is 8.19. The Morgan fingerprint density at radius 2 is 1.72 bits per heavy atom. The van der Waals surface area contributed by atoms with E-state index in [1.807, 2.05) is 24.3 Å². The molecular formula is C14H23N3O. The minimum Gasteiger partial charge on any atom is -0.384 e. The molecule has 1 aromatic rings. The quantitative estimate of drug-likeness (QED) is 0.698. The molecule has 1 amide bonds. The normalized spacial score (nSPS) is 11.1. The van der Waals surface area contributed by atoms with Crippen molar-refractivity contribution in [3.63, 3.8) is 0 Å². The fourth-order valence-corrected chi connectivity index (χ4v) is 1.53. The molecule has 0 atom stereocenters. The Morgan fingerprint density at radius 1 is 1.11 bits per heavy atom. The van der Waals surface area contributed by atoms with E-state index in [-0.39, 0.29) is 11.4 Å². The number of rotatable bonds is 5. The molecule has 0 heterocycles. The second-order valence-corrected chi connectivity index (χ2v) is 5.26. The van der Waals surface area contributed by atoms with E-state index >= 15 is 0 Å². The summed E-state index contributed by atoms with van der Waals surface area (Å²) in [6.07, 6.45) is 0. The lowest BCUT2D eigenvalue weighted by Crippen LogP contribution is -2.38. The lowest BCUT2D eigenvalue weighted by atomic mass is 10.1. The van der Waals surface area contributed by atoms with Crippen molar-refractivity contribution in [2.45, 2.75) is 26.3 Å². The van der Waals surface area contributed by atoms with Crippen molar-refractivity contribution in [3.8, 4) is 0 Å². The summed E-state index contributed by atoms with van der Waals surface area (Å²) >= 11 is 0. The highest BCUT2D eigenvalue weighted by atomic mass is 16.1. The molecule has 0 bridgehead atoms.